The third-order valence-corrected chi connectivity index (χ3v) is 12.2. The second kappa shape index (κ2) is 10.8. The van der Waals surface area contributed by atoms with Crippen LogP contribution in [-0.4, -0.2) is 61.4 Å². The summed E-state index contributed by atoms with van der Waals surface area (Å²) in [4.78, 5) is 29.4. The lowest BCUT2D eigenvalue weighted by atomic mass is 9.93. The normalized spacial score (nSPS) is 24.0. The molecule has 1 fully saturated rings. The molecular formula is C27H39N3O6Si2. The summed E-state index contributed by atoms with van der Waals surface area (Å²) in [5, 5.41) is 12.0. The number of nitrogens with zero attached hydrogens (tertiary/aromatic N) is 2. The maximum absolute atomic E-state index is 12.9. The number of hydrogen-bond donors (Lipinski definition) is 2. The van der Waals surface area contributed by atoms with E-state index in [1.807, 2.05) is 13.1 Å². The summed E-state index contributed by atoms with van der Waals surface area (Å²) in [5.74, 6) is 2.55. The van der Waals surface area contributed by atoms with Gasteiger partial charge in [-0.3, -0.25) is 4.57 Å². The summed E-state index contributed by atoms with van der Waals surface area (Å²) in [6, 6.07) is 10.0. The predicted molar refractivity (Wildman–Crippen MR) is 152 cm³/mol. The average molecular weight is 558 g/mol. The largest absolute Gasteiger partial charge is 0.459 e. The summed E-state index contributed by atoms with van der Waals surface area (Å²) in [6.45, 7) is 16.2. The molecule has 1 aromatic carbocycles. The van der Waals surface area contributed by atoms with Crippen LogP contribution < -0.4 is 11.4 Å². The lowest BCUT2D eigenvalue weighted by Crippen LogP contribution is -2.56. The summed E-state index contributed by atoms with van der Waals surface area (Å²) >= 11 is 0. The van der Waals surface area contributed by atoms with Crippen molar-refractivity contribution in [1.29, 1.82) is 0 Å². The molecule has 9 nitrogen and oxygen atoms in total. The number of ether oxygens (including phenoxy) is 2. The van der Waals surface area contributed by atoms with Crippen molar-refractivity contribution in [2.45, 2.75) is 82.6 Å². The molecule has 38 heavy (non-hydrogen) atoms. The predicted octanol–water partition coefficient (Wildman–Crippen LogP) is 3.58. The molecule has 3 rings (SSSR count). The summed E-state index contributed by atoms with van der Waals surface area (Å²) in [6.07, 6.45) is -1.77. The Morgan fingerprint density at radius 3 is 2.37 bits per heavy atom. The molecule has 3 N–H and O–H groups in total. The van der Waals surface area contributed by atoms with Crippen LogP contribution in [0.2, 0.25) is 37.8 Å². The molecule has 1 aliphatic rings. The van der Waals surface area contributed by atoms with Gasteiger partial charge in [-0.15, -0.1) is 5.54 Å². The van der Waals surface area contributed by atoms with Gasteiger partial charge in [0.25, 0.3) is 0 Å². The van der Waals surface area contributed by atoms with Crippen LogP contribution in [0.4, 0.5) is 5.82 Å². The molecule has 206 valence electrons. The number of aromatic nitrogens is 2. The van der Waals surface area contributed by atoms with Gasteiger partial charge in [-0.2, -0.15) is 4.98 Å². The van der Waals surface area contributed by atoms with Crippen LogP contribution >= 0.6 is 0 Å². The number of carbonyl (C=O) groups is 1. The van der Waals surface area contributed by atoms with Crippen molar-refractivity contribution in [3.8, 4) is 11.5 Å². The fraction of sp³-hybridized carbons (Fsp3) is 0.519. The zero-order valence-corrected chi connectivity index (χ0v) is 25.4. The van der Waals surface area contributed by atoms with E-state index in [0.29, 0.717) is 5.56 Å². The Balaban J connectivity index is 2.10. The molecular weight excluding hydrogens is 518 g/mol. The van der Waals surface area contributed by atoms with Crippen LogP contribution in [0.15, 0.2) is 47.4 Å². The summed E-state index contributed by atoms with van der Waals surface area (Å²) < 4.78 is 19.8. The lowest BCUT2D eigenvalue weighted by molar-refractivity contribution is -0.0681. The molecule has 0 unspecified atom stereocenters. The van der Waals surface area contributed by atoms with Crippen molar-refractivity contribution < 1.29 is 23.8 Å². The topological polar surface area (TPSA) is 126 Å². The molecule has 4 atom stereocenters. The highest BCUT2D eigenvalue weighted by molar-refractivity contribution is 6.83. The first-order chi connectivity index (χ1) is 17.4. The first-order valence-corrected chi connectivity index (χ1v) is 19.0. The monoisotopic (exact) mass is 557 g/mol. The number of nitrogen functional groups attached to an aromatic ring is 1. The van der Waals surface area contributed by atoms with Crippen LogP contribution in [0.5, 0.6) is 0 Å². The molecule has 0 spiro atoms. The smallest absolute Gasteiger partial charge is 0.351 e. The van der Waals surface area contributed by atoms with Gasteiger partial charge in [0.15, 0.2) is 20.1 Å². The second-order valence-corrected chi connectivity index (χ2v) is 21.7. The van der Waals surface area contributed by atoms with Crippen molar-refractivity contribution in [3.63, 3.8) is 0 Å². The highest BCUT2D eigenvalue weighted by atomic mass is 28.4. The Morgan fingerprint density at radius 1 is 1.18 bits per heavy atom. The number of esters is 1. The number of hydrogen-bond acceptors (Lipinski definition) is 8. The molecule has 1 saturated heterocycles. The van der Waals surface area contributed by atoms with E-state index in [0.717, 1.165) is 0 Å². The molecule has 1 aliphatic heterocycles. The Morgan fingerprint density at radius 2 is 1.82 bits per heavy atom. The van der Waals surface area contributed by atoms with E-state index < -0.39 is 52.1 Å². The minimum Gasteiger partial charge on any atom is -0.459 e. The van der Waals surface area contributed by atoms with Gasteiger partial charge in [0, 0.05) is 6.20 Å². The molecule has 0 aliphatic carbocycles. The van der Waals surface area contributed by atoms with Crippen molar-refractivity contribution >= 4 is 28.2 Å². The maximum atomic E-state index is 12.9. The van der Waals surface area contributed by atoms with Crippen LogP contribution in [0.3, 0.4) is 0 Å². The van der Waals surface area contributed by atoms with E-state index in [4.69, 9.17) is 19.6 Å². The first-order valence-electron chi connectivity index (χ1n) is 12.6. The molecule has 0 bridgehead atoms. The maximum Gasteiger partial charge on any atom is 0.351 e. The van der Waals surface area contributed by atoms with Crippen molar-refractivity contribution in [2.24, 2.45) is 0 Å². The standard InChI is InChI=1S/C27H39N3O6Si2/c1-26(2,3)38(7,8)36-22-23(30-16-14-21(28)29-25(30)32)35-20(27(22,33)15-17-37(4,5)6)18-34-24(31)19-12-10-9-11-13-19/h9-14,16,20,22-23,33H,18H2,1-8H3,(H2,28,29,32)/t20-,22+,23-,27-/m1/s1. The van der Waals surface area contributed by atoms with Gasteiger partial charge >= 0.3 is 11.7 Å². The number of nitrogens with two attached hydrogens (primary N) is 1. The SMILES string of the molecule is CC(C)(C)[Si](C)(C)O[C@H]1[C@H](n2ccc(N)nc2=O)O[C@H](COC(=O)c2ccccc2)[C@]1(O)C#C[Si](C)(C)C. The van der Waals surface area contributed by atoms with Gasteiger partial charge in [-0.1, -0.05) is 64.5 Å². The van der Waals surface area contributed by atoms with Gasteiger partial charge < -0.3 is 24.7 Å². The molecule has 2 aromatic rings. The molecule has 0 amide bonds. The van der Waals surface area contributed by atoms with Crippen molar-refractivity contribution in [1.82, 2.24) is 9.55 Å². The van der Waals surface area contributed by atoms with E-state index in [2.05, 4.69) is 56.9 Å². The number of benzene rings is 1. The Hall–Kier alpha value is -2.76. The molecule has 1 aromatic heterocycles. The molecule has 0 saturated carbocycles. The molecule has 2 heterocycles. The number of carbonyl (C=O) groups excluding carboxylic acids is 1. The molecule has 11 heteroatoms. The Bertz CT molecular complexity index is 1270. The third kappa shape index (κ3) is 6.62. The lowest BCUT2D eigenvalue weighted by Gasteiger charge is -2.42. The first kappa shape index (κ1) is 29.8. The van der Waals surface area contributed by atoms with E-state index in [1.54, 1.807) is 30.3 Å². The number of rotatable bonds is 6. The van der Waals surface area contributed by atoms with E-state index in [9.17, 15) is 14.7 Å². The van der Waals surface area contributed by atoms with E-state index in [1.165, 1.54) is 16.8 Å². The number of aliphatic hydroxyl groups is 1. The third-order valence-electron chi connectivity index (χ3n) is 6.85. The van der Waals surface area contributed by atoms with Gasteiger partial charge in [-0.25, -0.2) is 9.59 Å². The summed E-state index contributed by atoms with van der Waals surface area (Å²) in [7, 11) is -4.50. The van der Waals surface area contributed by atoms with Gasteiger partial charge in [0.2, 0.25) is 0 Å². The van der Waals surface area contributed by atoms with Gasteiger partial charge in [-0.05, 0) is 36.3 Å². The summed E-state index contributed by atoms with van der Waals surface area (Å²) in [5.41, 5.74) is 6.79. The highest BCUT2D eigenvalue weighted by Gasteiger charge is 2.60. The van der Waals surface area contributed by atoms with E-state index >= 15 is 0 Å². The van der Waals surface area contributed by atoms with Crippen molar-refractivity contribution in [2.75, 3.05) is 12.3 Å². The van der Waals surface area contributed by atoms with Crippen LogP contribution in [0.1, 0.15) is 37.4 Å². The van der Waals surface area contributed by atoms with Crippen molar-refractivity contribution in [3.05, 3.63) is 58.6 Å². The Labute approximate surface area is 226 Å². The second-order valence-electron chi connectivity index (χ2n) is 12.1. The van der Waals surface area contributed by atoms with Crippen LogP contribution in [-0.2, 0) is 13.9 Å². The fourth-order valence-electron chi connectivity index (χ4n) is 3.63. The zero-order valence-electron chi connectivity index (χ0n) is 23.4. The minimum atomic E-state index is -2.53. The van der Waals surface area contributed by atoms with Crippen LogP contribution in [0.25, 0.3) is 0 Å². The Kier molecular flexibility index (Phi) is 8.45. The average Bonchev–Trinajstić information content (AvgIpc) is 3.07. The van der Waals surface area contributed by atoms with Crippen LogP contribution in [0, 0.1) is 11.5 Å². The fourth-order valence-corrected chi connectivity index (χ4v) is 5.49. The quantitative estimate of drug-likeness (QED) is 0.314. The minimum absolute atomic E-state index is 0.0632. The van der Waals surface area contributed by atoms with E-state index in [-0.39, 0.29) is 17.5 Å². The highest BCUT2D eigenvalue weighted by Crippen LogP contribution is 2.45. The molecule has 0 radical (unpaired) electrons. The number of anilines is 1. The van der Waals surface area contributed by atoms with Gasteiger partial charge in [0.05, 0.1) is 5.56 Å². The van der Waals surface area contributed by atoms with Gasteiger partial charge in [0.1, 0.15) is 32.7 Å². The zero-order chi connectivity index (χ0) is 28.5.